The molecule has 0 spiro atoms. The number of amides is 4. The average molecular weight is 821 g/mol. The van der Waals surface area contributed by atoms with Gasteiger partial charge in [0.1, 0.15) is 12.6 Å². The van der Waals surface area contributed by atoms with Crippen molar-refractivity contribution in [2.75, 3.05) is 115 Å². The van der Waals surface area contributed by atoms with E-state index in [1.54, 1.807) is 37.8 Å². The first-order valence-electron chi connectivity index (χ1n) is 20.4. The van der Waals surface area contributed by atoms with Crippen LogP contribution in [0, 0.1) is 11.8 Å². The zero-order valence-corrected chi connectivity index (χ0v) is 38.0. The smallest absolute Gasteiger partial charge is 0.244 e. The molecule has 17 heteroatoms. The number of rotatable bonds is 26. The molecule has 0 bridgehead atoms. The molecule has 0 saturated carbocycles. The maximum absolute atomic E-state index is 13.8. The molecule has 6 unspecified atom stereocenters. The van der Waals surface area contributed by atoms with Crippen molar-refractivity contribution in [3.05, 3.63) is 0 Å². The predicted molar refractivity (Wildman–Crippen MR) is 228 cm³/mol. The zero-order valence-electron chi connectivity index (χ0n) is 38.0. The minimum absolute atomic E-state index is 0.0461. The number of aliphatic imine (C=N–C) groups is 1. The molecule has 0 aliphatic carbocycles. The number of carbonyl (C=O) groups is 4. The summed E-state index contributed by atoms with van der Waals surface area (Å²) in [5.74, 6) is -1.60. The summed E-state index contributed by atoms with van der Waals surface area (Å²) in [5, 5.41) is 5.53. The summed E-state index contributed by atoms with van der Waals surface area (Å²) in [7, 11) is 12.3. The summed E-state index contributed by atoms with van der Waals surface area (Å²) in [6.07, 6.45) is 2.39. The lowest BCUT2D eigenvalue weighted by Crippen LogP contribution is -2.54. The number of hydrogen-bond donors (Lipinski definition) is 4. The summed E-state index contributed by atoms with van der Waals surface area (Å²) in [4.78, 5) is 61.4. The Hall–Kier alpha value is -2.77. The highest BCUT2D eigenvalue weighted by Gasteiger charge is 2.42. The molecule has 7 atom stereocenters. The molecule has 338 valence electrons. The number of nitrogens with two attached hydrogens (primary N) is 2. The number of nitrogens with one attached hydrogen (secondary N) is 2. The van der Waals surface area contributed by atoms with Crippen LogP contribution in [0.25, 0.3) is 0 Å². The fourth-order valence-corrected chi connectivity index (χ4v) is 5.97. The second-order valence-electron chi connectivity index (χ2n) is 14.2. The molecule has 0 aromatic rings. The van der Waals surface area contributed by atoms with Crippen LogP contribution >= 0.6 is 0 Å². The number of hydrogen-bond acceptors (Lipinski definition) is 13. The van der Waals surface area contributed by atoms with E-state index in [2.05, 4.69) is 41.9 Å². The van der Waals surface area contributed by atoms with Crippen molar-refractivity contribution >= 4 is 30.3 Å². The van der Waals surface area contributed by atoms with Crippen LogP contribution in [0.15, 0.2) is 4.99 Å². The molecule has 0 aromatic carbocycles. The number of nitrogens with zero attached hydrogens (tertiary/aromatic N) is 4. The van der Waals surface area contributed by atoms with Crippen LogP contribution in [0.5, 0.6) is 0 Å². The molecular weight excluding hydrogens is 736 g/mol. The largest absolute Gasteiger partial charge is 0.379 e. The Morgan fingerprint density at radius 2 is 1.40 bits per heavy atom. The Morgan fingerprint density at radius 3 is 1.88 bits per heavy atom. The van der Waals surface area contributed by atoms with Gasteiger partial charge >= 0.3 is 0 Å². The van der Waals surface area contributed by atoms with Crippen molar-refractivity contribution in [2.24, 2.45) is 28.3 Å². The van der Waals surface area contributed by atoms with Gasteiger partial charge in [-0.15, -0.1) is 0 Å². The van der Waals surface area contributed by atoms with Crippen molar-refractivity contribution < 1.29 is 42.9 Å². The molecule has 1 aliphatic heterocycles. The van der Waals surface area contributed by atoms with E-state index in [-0.39, 0.29) is 61.1 Å². The summed E-state index contributed by atoms with van der Waals surface area (Å²) in [6, 6.07) is -1.46. The Labute approximate surface area is 345 Å². The molecule has 1 saturated heterocycles. The van der Waals surface area contributed by atoms with Gasteiger partial charge in [0.05, 0.1) is 76.3 Å². The van der Waals surface area contributed by atoms with Gasteiger partial charge in [-0.2, -0.15) is 0 Å². The standard InChI is InChI=1S/C33H62N6O9.C3H9N.C3H8.CH5N/c1-9-23(2)30(38(6)29(41)22-35-5)27(44-7)21-28(40)39-14-10-11-26(39)31(45-8)24(3)32(42)37-25(4)33(43)36-13-16-47-18-20-48-19-17-46-15-12-34;1-4(2)3;1-3-2;1-2/h23-27,30-31H,5,9-22,34H2,1-4,6-8H3,(H,36,43)(H,37,42);1-3H3;3H2,1-2H3;2H2,1H3/t23?,24?,25-,26?,27?,30?,31?;;;/m0.../s1. The van der Waals surface area contributed by atoms with Crippen molar-refractivity contribution in [2.45, 2.75) is 104 Å². The lowest BCUT2D eigenvalue weighted by atomic mass is 9.90. The van der Waals surface area contributed by atoms with Crippen LogP contribution in [0.4, 0.5) is 0 Å². The van der Waals surface area contributed by atoms with E-state index in [1.807, 2.05) is 39.9 Å². The summed E-state index contributed by atoms with van der Waals surface area (Å²) >= 11 is 0. The highest BCUT2D eigenvalue weighted by Crippen LogP contribution is 2.29. The van der Waals surface area contributed by atoms with Crippen molar-refractivity contribution in [3.8, 4) is 0 Å². The van der Waals surface area contributed by atoms with Gasteiger partial charge in [-0.3, -0.25) is 24.2 Å². The first-order chi connectivity index (χ1) is 27.1. The summed E-state index contributed by atoms with van der Waals surface area (Å²) in [6.45, 7) is 18.8. The lowest BCUT2D eigenvalue weighted by molar-refractivity contribution is -0.145. The summed E-state index contributed by atoms with van der Waals surface area (Å²) < 4.78 is 27.7. The molecule has 17 nitrogen and oxygen atoms in total. The molecule has 4 amide bonds. The quantitative estimate of drug-likeness (QED) is 0.0721. The molecule has 0 aromatic heterocycles. The van der Waals surface area contributed by atoms with Crippen molar-refractivity contribution in [3.63, 3.8) is 0 Å². The van der Waals surface area contributed by atoms with E-state index in [1.165, 1.54) is 20.6 Å². The van der Waals surface area contributed by atoms with Crippen molar-refractivity contribution in [1.82, 2.24) is 25.3 Å². The van der Waals surface area contributed by atoms with Crippen LogP contribution in [-0.4, -0.2) is 191 Å². The molecule has 1 rings (SSSR count). The maximum Gasteiger partial charge on any atom is 0.244 e. The molecule has 0 radical (unpaired) electrons. The maximum atomic E-state index is 13.8. The SMILES string of the molecule is C=NCC(=O)N(C)C(C(C)CC)C(CC(=O)N1CCCC1C(OC)C(C)C(=O)N[C@@H](C)C(=O)NCCOCCOCCOCCN)OC.CCC.CN.CN(C)C. The van der Waals surface area contributed by atoms with Crippen LogP contribution < -0.4 is 22.1 Å². The highest BCUT2D eigenvalue weighted by molar-refractivity contribution is 5.88. The Kier molecular flexibility index (Phi) is 38.5. The van der Waals surface area contributed by atoms with Crippen LogP contribution in [-0.2, 0) is 42.9 Å². The fourth-order valence-electron chi connectivity index (χ4n) is 5.97. The lowest BCUT2D eigenvalue weighted by Gasteiger charge is -2.39. The van der Waals surface area contributed by atoms with E-state index in [4.69, 9.17) is 29.4 Å². The monoisotopic (exact) mass is 821 g/mol. The Bertz CT molecular complexity index is 1040. The van der Waals surface area contributed by atoms with Gasteiger partial charge < -0.3 is 60.5 Å². The van der Waals surface area contributed by atoms with Crippen LogP contribution in [0.3, 0.4) is 0 Å². The molecule has 1 aliphatic rings. The van der Waals surface area contributed by atoms with Gasteiger partial charge in [0.25, 0.3) is 0 Å². The molecule has 57 heavy (non-hydrogen) atoms. The highest BCUT2D eigenvalue weighted by atomic mass is 16.5. The number of ether oxygens (including phenoxy) is 5. The zero-order chi connectivity index (χ0) is 44.3. The normalized spacial score (nSPS) is 16.5. The third-order valence-corrected chi connectivity index (χ3v) is 8.86. The third-order valence-electron chi connectivity index (χ3n) is 8.86. The number of methoxy groups -OCH3 is 2. The first kappa shape index (κ1) is 58.5. The molecule has 1 heterocycles. The average Bonchev–Trinajstić information content (AvgIpc) is 3.67. The minimum atomic E-state index is -0.786. The molecule has 6 N–H and O–H groups in total. The summed E-state index contributed by atoms with van der Waals surface area (Å²) in [5.41, 5.74) is 9.85. The van der Waals surface area contributed by atoms with Crippen molar-refractivity contribution in [1.29, 1.82) is 0 Å². The van der Waals surface area contributed by atoms with Gasteiger partial charge in [0.2, 0.25) is 23.6 Å². The first-order valence-corrected chi connectivity index (χ1v) is 20.4. The van der Waals surface area contributed by atoms with Gasteiger partial charge in [0, 0.05) is 40.9 Å². The molecule has 1 fully saturated rings. The van der Waals surface area contributed by atoms with E-state index in [0.29, 0.717) is 59.2 Å². The van der Waals surface area contributed by atoms with E-state index in [0.717, 1.165) is 12.8 Å². The van der Waals surface area contributed by atoms with Crippen LogP contribution in [0.2, 0.25) is 0 Å². The van der Waals surface area contributed by atoms with E-state index in [9.17, 15) is 19.2 Å². The van der Waals surface area contributed by atoms with Crippen LogP contribution in [0.1, 0.15) is 73.6 Å². The molecular formula is C40H84N8O9. The number of likely N-dealkylation sites (N-methyl/N-ethyl adjacent to an activating group) is 1. The Balaban J connectivity index is -0.00000294. The minimum Gasteiger partial charge on any atom is -0.379 e. The van der Waals surface area contributed by atoms with E-state index >= 15 is 0 Å². The van der Waals surface area contributed by atoms with Gasteiger partial charge in [-0.05, 0) is 60.6 Å². The van der Waals surface area contributed by atoms with E-state index < -0.39 is 24.2 Å². The number of carbonyl (C=O) groups excluding carboxylic acids is 4. The predicted octanol–water partition coefficient (Wildman–Crippen LogP) is 1.41. The third kappa shape index (κ3) is 26.1. The number of likely N-dealkylation sites (tertiary alicyclic amines) is 1. The second-order valence-corrected chi connectivity index (χ2v) is 14.2. The topological polar surface area (TPSA) is 213 Å². The Morgan fingerprint density at radius 1 is 0.877 bits per heavy atom. The fraction of sp³-hybridized carbons (Fsp3) is 0.875. The second kappa shape index (κ2) is 37.5. The van der Waals surface area contributed by atoms with Gasteiger partial charge in [0.15, 0.2) is 0 Å². The van der Waals surface area contributed by atoms with Gasteiger partial charge in [-0.25, -0.2) is 0 Å². The van der Waals surface area contributed by atoms with Gasteiger partial charge in [-0.1, -0.05) is 47.5 Å².